The van der Waals surface area contributed by atoms with E-state index in [1.807, 2.05) is 31.3 Å². The van der Waals surface area contributed by atoms with E-state index >= 15 is 0 Å². The van der Waals surface area contributed by atoms with Crippen LogP contribution in [0.3, 0.4) is 0 Å². The fraction of sp³-hybridized carbons (Fsp3) is 0.406. The number of halogens is 1. The van der Waals surface area contributed by atoms with Crippen LogP contribution < -0.4 is 5.73 Å². The van der Waals surface area contributed by atoms with Gasteiger partial charge >= 0.3 is 6.03 Å². The predicted molar refractivity (Wildman–Crippen MR) is 165 cm³/mol. The SMILES string of the molecule is CC1=CC(=O)CC(C2=CN(C3CCN(CCCn4nc(-c5ccc(Br)cc5)c5c4CCN(C(N)=O)C5)CC3)C=CO2)=C1. The molecule has 9 nitrogen and oxygen atoms in total. The van der Waals surface area contributed by atoms with Crippen LogP contribution in [0.2, 0.25) is 0 Å². The van der Waals surface area contributed by atoms with Gasteiger partial charge in [-0.15, -0.1) is 0 Å². The minimum Gasteiger partial charge on any atom is -0.462 e. The van der Waals surface area contributed by atoms with E-state index < -0.39 is 0 Å². The summed E-state index contributed by atoms with van der Waals surface area (Å²) in [5.74, 6) is 0.890. The number of nitrogens with two attached hydrogens (primary N) is 1. The normalized spacial score (nSPS) is 19.7. The highest BCUT2D eigenvalue weighted by Crippen LogP contribution is 2.32. The number of ether oxygens (including phenoxy) is 1. The summed E-state index contributed by atoms with van der Waals surface area (Å²) in [6.07, 6.45) is 13.8. The van der Waals surface area contributed by atoms with Crippen molar-refractivity contribution in [3.63, 3.8) is 0 Å². The maximum atomic E-state index is 12.0. The van der Waals surface area contributed by atoms with Gasteiger partial charge < -0.3 is 25.2 Å². The molecular formula is C32H37BrN6O3. The van der Waals surface area contributed by atoms with Crippen molar-refractivity contribution >= 4 is 27.7 Å². The number of hydrogen-bond donors (Lipinski definition) is 1. The third-order valence-corrected chi connectivity index (χ3v) is 9.08. The number of amides is 2. The van der Waals surface area contributed by atoms with E-state index in [-0.39, 0.29) is 11.8 Å². The Morgan fingerprint density at radius 1 is 1.12 bits per heavy atom. The second kappa shape index (κ2) is 12.3. The van der Waals surface area contributed by atoms with Crippen LogP contribution in [0, 0.1) is 0 Å². The van der Waals surface area contributed by atoms with Crippen molar-refractivity contribution in [2.75, 3.05) is 26.2 Å². The smallest absolute Gasteiger partial charge is 0.315 e. The molecule has 3 aliphatic heterocycles. The molecule has 1 aromatic heterocycles. The number of benzene rings is 1. The largest absolute Gasteiger partial charge is 0.462 e. The number of hydrogen-bond acceptors (Lipinski definition) is 6. The van der Waals surface area contributed by atoms with Crippen LogP contribution in [-0.2, 0) is 29.0 Å². The lowest BCUT2D eigenvalue weighted by molar-refractivity contribution is -0.114. The van der Waals surface area contributed by atoms with E-state index in [9.17, 15) is 9.59 Å². The number of aryl methyl sites for hydroxylation is 1. The van der Waals surface area contributed by atoms with Gasteiger partial charge in [-0.05, 0) is 56.5 Å². The summed E-state index contributed by atoms with van der Waals surface area (Å²) in [4.78, 5) is 30.5. The Labute approximate surface area is 255 Å². The number of carbonyl (C=O) groups excluding carboxylic acids is 2. The number of primary amides is 1. The number of fused-ring (bicyclic) bond motifs is 1. The molecule has 220 valence electrons. The highest BCUT2D eigenvalue weighted by Gasteiger charge is 2.28. The number of rotatable bonds is 7. The Kier molecular flexibility index (Phi) is 8.35. The summed E-state index contributed by atoms with van der Waals surface area (Å²) >= 11 is 3.52. The highest BCUT2D eigenvalue weighted by atomic mass is 79.9. The Balaban J connectivity index is 1.06. The summed E-state index contributed by atoms with van der Waals surface area (Å²) < 4.78 is 8.97. The van der Waals surface area contributed by atoms with E-state index in [1.165, 1.54) is 5.69 Å². The first-order valence-electron chi connectivity index (χ1n) is 14.7. The molecule has 42 heavy (non-hydrogen) atoms. The minimum atomic E-state index is -0.383. The summed E-state index contributed by atoms with van der Waals surface area (Å²) in [5.41, 5.74) is 11.8. The topological polar surface area (TPSA) is 96.9 Å². The van der Waals surface area contributed by atoms with Gasteiger partial charge in [0.2, 0.25) is 0 Å². The average Bonchev–Trinajstić information content (AvgIpc) is 3.35. The molecule has 0 bridgehead atoms. The second-order valence-corrected chi connectivity index (χ2v) is 12.4. The van der Waals surface area contributed by atoms with Crippen molar-refractivity contribution < 1.29 is 14.3 Å². The molecule has 0 unspecified atom stereocenters. The Morgan fingerprint density at radius 2 is 1.90 bits per heavy atom. The van der Waals surface area contributed by atoms with Crippen LogP contribution in [0.1, 0.15) is 43.9 Å². The molecule has 2 amide bonds. The van der Waals surface area contributed by atoms with E-state index in [4.69, 9.17) is 15.6 Å². The lowest BCUT2D eigenvalue weighted by atomic mass is 9.97. The minimum absolute atomic E-state index is 0.122. The molecule has 4 aliphatic rings. The third kappa shape index (κ3) is 6.24. The molecule has 0 spiro atoms. The first-order valence-corrected chi connectivity index (χ1v) is 15.5. The molecule has 4 heterocycles. The third-order valence-electron chi connectivity index (χ3n) is 8.55. The zero-order chi connectivity index (χ0) is 29.2. The monoisotopic (exact) mass is 632 g/mol. The van der Waals surface area contributed by atoms with Gasteiger partial charge in [0.05, 0.1) is 12.2 Å². The van der Waals surface area contributed by atoms with Crippen molar-refractivity contribution in [1.29, 1.82) is 0 Å². The maximum Gasteiger partial charge on any atom is 0.315 e. The van der Waals surface area contributed by atoms with Gasteiger partial charge in [0.15, 0.2) is 5.78 Å². The van der Waals surface area contributed by atoms with Crippen molar-refractivity contribution in [3.05, 3.63) is 87.7 Å². The molecule has 1 fully saturated rings. The van der Waals surface area contributed by atoms with E-state index in [0.29, 0.717) is 25.6 Å². The molecule has 10 heteroatoms. The van der Waals surface area contributed by atoms with Crippen molar-refractivity contribution in [2.24, 2.45) is 5.73 Å². The van der Waals surface area contributed by atoms with Gasteiger partial charge in [0.25, 0.3) is 0 Å². The van der Waals surface area contributed by atoms with Crippen LogP contribution in [0.15, 0.2) is 76.5 Å². The van der Waals surface area contributed by atoms with Crippen LogP contribution in [-0.4, -0.2) is 68.5 Å². The molecule has 2 aromatic rings. The summed E-state index contributed by atoms with van der Waals surface area (Å²) in [5, 5.41) is 5.04. The van der Waals surface area contributed by atoms with Gasteiger partial charge in [0.1, 0.15) is 12.0 Å². The molecule has 1 aliphatic carbocycles. The van der Waals surface area contributed by atoms with Crippen molar-refractivity contribution in [3.8, 4) is 11.3 Å². The highest BCUT2D eigenvalue weighted by molar-refractivity contribution is 9.10. The number of carbonyl (C=O) groups is 2. The first kappa shape index (κ1) is 28.5. The number of aromatic nitrogens is 2. The predicted octanol–water partition coefficient (Wildman–Crippen LogP) is 5.09. The van der Waals surface area contributed by atoms with Crippen LogP contribution in [0.25, 0.3) is 11.3 Å². The number of urea groups is 1. The van der Waals surface area contributed by atoms with Crippen molar-refractivity contribution in [1.82, 2.24) is 24.5 Å². The molecule has 6 rings (SSSR count). The number of piperidine rings is 1. The molecule has 1 aromatic carbocycles. The Morgan fingerprint density at radius 3 is 2.64 bits per heavy atom. The standard InChI is InChI=1S/C32H37BrN6O3/c1-22-17-24(19-27(40)18-22)30-21-37(15-16-42-30)26-7-12-36(13-8-26)10-2-11-39-29-9-14-38(32(34)41)20-28(29)31(35-39)23-3-5-25(33)6-4-23/h3-6,15-18,21,26H,2,7-14,19-20H2,1H3,(H2,34,41). The van der Waals surface area contributed by atoms with Crippen LogP contribution in [0.5, 0.6) is 0 Å². The van der Waals surface area contributed by atoms with E-state index in [1.54, 1.807) is 17.2 Å². The molecule has 0 radical (unpaired) electrons. The Hall–Kier alpha value is -3.63. The fourth-order valence-electron chi connectivity index (χ4n) is 6.38. The summed E-state index contributed by atoms with van der Waals surface area (Å²) in [6, 6.07) is 8.20. The zero-order valence-electron chi connectivity index (χ0n) is 24.0. The first-order chi connectivity index (χ1) is 20.3. The lowest BCUT2D eigenvalue weighted by Crippen LogP contribution is -2.42. The van der Waals surface area contributed by atoms with Crippen LogP contribution >= 0.6 is 15.9 Å². The fourth-order valence-corrected chi connectivity index (χ4v) is 6.64. The number of likely N-dealkylation sites (tertiary alicyclic amines) is 1. The molecule has 2 N–H and O–H groups in total. The average molecular weight is 634 g/mol. The second-order valence-electron chi connectivity index (χ2n) is 11.5. The van der Waals surface area contributed by atoms with Crippen LogP contribution in [0.4, 0.5) is 4.79 Å². The van der Waals surface area contributed by atoms with Gasteiger partial charge in [-0.1, -0.05) is 34.1 Å². The van der Waals surface area contributed by atoms with Gasteiger partial charge in [-0.25, -0.2) is 4.79 Å². The zero-order valence-corrected chi connectivity index (χ0v) is 25.6. The van der Waals surface area contributed by atoms with E-state index in [2.05, 4.69) is 48.7 Å². The Bertz CT molecular complexity index is 1480. The van der Waals surface area contributed by atoms with Crippen molar-refractivity contribution in [2.45, 2.75) is 58.2 Å². The van der Waals surface area contributed by atoms with Gasteiger partial charge in [-0.3, -0.25) is 9.48 Å². The summed E-state index contributed by atoms with van der Waals surface area (Å²) in [6.45, 7) is 7.01. The number of allylic oxidation sites excluding steroid dienone is 4. The van der Waals surface area contributed by atoms with E-state index in [0.717, 1.165) is 90.1 Å². The van der Waals surface area contributed by atoms with Gasteiger partial charge in [-0.2, -0.15) is 5.10 Å². The molecule has 0 atom stereocenters. The molecule has 0 saturated carbocycles. The summed E-state index contributed by atoms with van der Waals surface area (Å²) in [7, 11) is 0. The quantitative estimate of drug-likeness (QED) is 0.456. The maximum absolute atomic E-state index is 12.0. The molecule has 1 saturated heterocycles. The molecular weight excluding hydrogens is 596 g/mol. The number of ketones is 1. The van der Waals surface area contributed by atoms with Gasteiger partial charge in [0, 0.05) is 84.3 Å². The number of nitrogens with zero attached hydrogens (tertiary/aromatic N) is 5. The lowest BCUT2D eigenvalue weighted by Gasteiger charge is -2.37.